The molecular formula is C14H23N7OS. The lowest BCUT2D eigenvalue weighted by molar-refractivity contribution is -0.116. The Labute approximate surface area is 139 Å². The van der Waals surface area contributed by atoms with Crippen molar-refractivity contribution in [1.82, 2.24) is 24.6 Å². The molecule has 2 aromatic rings. The Morgan fingerprint density at radius 1 is 1.22 bits per heavy atom. The van der Waals surface area contributed by atoms with E-state index >= 15 is 0 Å². The van der Waals surface area contributed by atoms with E-state index in [9.17, 15) is 4.79 Å². The number of thioether (sulfide) groups is 1. The molecule has 0 spiro atoms. The molecule has 2 rings (SSSR count). The van der Waals surface area contributed by atoms with Crippen molar-refractivity contribution in [2.45, 2.75) is 51.7 Å². The summed E-state index contributed by atoms with van der Waals surface area (Å²) in [5, 5.41) is 15.3. The smallest absolute Gasteiger partial charge is 0.261 e. The van der Waals surface area contributed by atoms with Gasteiger partial charge in [0.15, 0.2) is 5.16 Å². The Morgan fingerprint density at radius 3 is 2.57 bits per heavy atom. The van der Waals surface area contributed by atoms with Crippen molar-refractivity contribution in [3.63, 3.8) is 0 Å². The minimum Gasteiger partial charge on any atom is -0.355 e. The van der Waals surface area contributed by atoms with E-state index in [1.165, 1.54) is 11.8 Å². The summed E-state index contributed by atoms with van der Waals surface area (Å²) in [5.74, 6) is 2.10. The quantitative estimate of drug-likeness (QED) is 0.742. The Morgan fingerprint density at radius 2 is 1.96 bits per heavy atom. The van der Waals surface area contributed by atoms with Crippen molar-refractivity contribution < 1.29 is 4.79 Å². The van der Waals surface area contributed by atoms with E-state index in [-0.39, 0.29) is 11.3 Å². The average molecular weight is 337 g/mol. The number of carbonyl (C=O) groups excluding carboxylic acids is 1. The number of nitrogens with one attached hydrogen (secondary N) is 2. The van der Waals surface area contributed by atoms with E-state index < -0.39 is 0 Å². The summed E-state index contributed by atoms with van der Waals surface area (Å²) in [5.41, 5.74) is -0.160. The summed E-state index contributed by atoms with van der Waals surface area (Å²) in [6.45, 7) is 10.7. The zero-order chi connectivity index (χ0) is 17.0. The highest BCUT2D eigenvalue weighted by molar-refractivity contribution is 7.99. The van der Waals surface area contributed by atoms with Gasteiger partial charge in [-0.25, -0.2) is 4.40 Å². The Bertz CT molecular complexity index is 692. The van der Waals surface area contributed by atoms with Gasteiger partial charge in [-0.05, 0) is 27.7 Å². The van der Waals surface area contributed by atoms with Gasteiger partial charge >= 0.3 is 0 Å². The second-order valence-corrected chi connectivity index (χ2v) is 7.02. The first-order valence-electron chi connectivity index (χ1n) is 7.63. The fourth-order valence-corrected chi connectivity index (χ4v) is 2.69. The van der Waals surface area contributed by atoms with Crippen molar-refractivity contribution in [2.75, 3.05) is 22.9 Å². The van der Waals surface area contributed by atoms with Crippen LogP contribution in [0.25, 0.3) is 5.78 Å². The highest BCUT2D eigenvalue weighted by atomic mass is 32.2. The summed E-state index contributed by atoms with van der Waals surface area (Å²) < 4.78 is 1.74. The predicted octanol–water partition coefficient (Wildman–Crippen LogP) is 2.23. The molecule has 0 aliphatic heterocycles. The normalized spacial score (nSPS) is 11.7. The van der Waals surface area contributed by atoms with E-state index in [0.717, 1.165) is 0 Å². The van der Waals surface area contributed by atoms with Gasteiger partial charge in [0.1, 0.15) is 5.78 Å². The molecule has 0 aliphatic carbocycles. The van der Waals surface area contributed by atoms with E-state index in [1.54, 1.807) is 4.40 Å². The number of anilines is 2. The molecule has 0 aliphatic rings. The van der Waals surface area contributed by atoms with Crippen LogP contribution in [0.5, 0.6) is 0 Å². The summed E-state index contributed by atoms with van der Waals surface area (Å²) >= 11 is 1.35. The SMILES string of the molecule is CCNc1nc(NC(C)(C)C)nc2nnc(SCC(=O)CC)n12. The zero-order valence-corrected chi connectivity index (χ0v) is 15.0. The number of hydrogen-bond donors (Lipinski definition) is 2. The van der Waals surface area contributed by atoms with E-state index in [1.807, 2.05) is 34.6 Å². The first-order valence-corrected chi connectivity index (χ1v) is 8.62. The number of aromatic nitrogens is 5. The lowest BCUT2D eigenvalue weighted by Crippen LogP contribution is -2.28. The van der Waals surface area contributed by atoms with Crippen LogP contribution in [0.4, 0.5) is 11.9 Å². The Balaban J connectivity index is 2.39. The van der Waals surface area contributed by atoms with Gasteiger partial charge < -0.3 is 10.6 Å². The third-order valence-electron chi connectivity index (χ3n) is 2.82. The Hall–Kier alpha value is -1.90. The lowest BCUT2D eigenvalue weighted by atomic mass is 10.1. The van der Waals surface area contributed by atoms with Crippen LogP contribution in [0.3, 0.4) is 0 Å². The molecule has 0 fully saturated rings. The van der Waals surface area contributed by atoms with Gasteiger partial charge in [-0.3, -0.25) is 4.79 Å². The maximum Gasteiger partial charge on any atom is 0.261 e. The van der Waals surface area contributed by atoms with Crippen LogP contribution in [0.2, 0.25) is 0 Å². The van der Waals surface area contributed by atoms with Crippen molar-refractivity contribution in [1.29, 1.82) is 0 Å². The maximum absolute atomic E-state index is 11.5. The number of carbonyl (C=O) groups is 1. The van der Waals surface area contributed by atoms with Crippen molar-refractivity contribution in [3.05, 3.63) is 0 Å². The zero-order valence-electron chi connectivity index (χ0n) is 14.2. The van der Waals surface area contributed by atoms with Crippen LogP contribution in [0.1, 0.15) is 41.0 Å². The summed E-state index contributed by atoms with van der Waals surface area (Å²) in [6, 6.07) is 0. The molecule has 23 heavy (non-hydrogen) atoms. The summed E-state index contributed by atoms with van der Waals surface area (Å²) in [4.78, 5) is 20.4. The number of ketones is 1. The highest BCUT2D eigenvalue weighted by Crippen LogP contribution is 2.22. The fourth-order valence-electron chi connectivity index (χ4n) is 1.80. The van der Waals surface area contributed by atoms with Gasteiger partial charge in [0.05, 0.1) is 5.75 Å². The Kier molecular flexibility index (Phi) is 5.40. The van der Waals surface area contributed by atoms with Crippen LogP contribution in [-0.2, 0) is 4.79 Å². The van der Waals surface area contributed by atoms with E-state index in [0.29, 0.717) is 41.5 Å². The maximum atomic E-state index is 11.5. The van der Waals surface area contributed by atoms with Crippen LogP contribution >= 0.6 is 11.8 Å². The molecule has 0 aromatic carbocycles. The molecule has 2 N–H and O–H groups in total. The largest absolute Gasteiger partial charge is 0.355 e. The molecule has 0 unspecified atom stereocenters. The molecule has 0 saturated carbocycles. The third kappa shape index (κ3) is 4.54. The van der Waals surface area contributed by atoms with Crippen molar-refractivity contribution >= 4 is 35.2 Å². The molecule has 8 nitrogen and oxygen atoms in total. The van der Waals surface area contributed by atoms with Crippen molar-refractivity contribution in [3.8, 4) is 0 Å². The topological polar surface area (TPSA) is 97.1 Å². The van der Waals surface area contributed by atoms with Gasteiger partial charge in [-0.15, -0.1) is 10.2 Å². The number of rotatable bonds is 7. The van der Waals surface area contributed by atoms with Gasteiger partial charge in [-0.1, -0.05) is 18.7 Å². The summed E-state index contributed by atoms with van der Waals surface area (Å²) in [7, 11) is 0. The second kappa shape index (κ2) is 7.12. The molecule has 0 saturated heterocycles. The number of Topliss-reactive ketones (excluding diaryl/α,β-unsaturated/α-hetero) is 1. The first-order chi connectivity index (χ1) is 10.8. The summed E-state index contributed by atoms with van der Waals surface area (Å²) in [6.07, 6.45) is 0.514. The minimum atomic E-state index is -0.160. The van der Waals surface area contributed by atoms with Crippen LogP contribution in [0.15, 0.2) is 5.16 Å². The van der Waals surface area contributed by atoms with E-state index in [4.69, 9.17) is 0 Å². The van der Waals surface area contributed by atoms with Gasteiger partial charge in [0.25, 0.3) is 5.78 Å². The van der Waals surface area contributed by atoms with Crippen LogP contribution in [-0.4, -0.2) is 48.2 Å². The lowest BCUT2D eigenvalue weighted by Gasteiger charge is -2.20. The van der Waals surface area contributed by atoms with Crippen molar-refractivity contribution in [2.24, 2.45) is 0 Å². The van der Waals surface area contributed by atoms with Gasteiger partial charge in [0.2, 0.25) is 11.9 Å². The highest BCUT2D eigenvalue weighted by Gasteiger charge is 2.18. The fraction of sp³-hybridized carbons (Fsp3) is 0.643. The molecule has 0 radical (unpaired) electrons. The number of hydrogen-bond acceptors (Lipinski definition) is 8. The van der Waals surface area contributed by atoms with Crippen LogP contribution in [0, 0.1) is 0 Å². The molecule has 126 valence electrons. The average Bonchev–Trinajstić information content (AvgIpc) is 2.86. The molecule has 2 aromatic heterocycles. The molecule has 2 heterocycles. The molecule has 0 atom stereocenters. The van der Waals surface area contributed by atoms with Crippen LogP contribution < -0.4 is 10.6 Å². The first kappa shape index (κ1) is 17.5. The number of nitrogens with zero attached hydrogens (tertiary/aromatic N) is 5. The third-order valence-corrected chi connectivity index (χ3v) is 3.81. The molecular weight excluding hydrogens is 314 g/mol. The molecule has 0 bridgehead atoms. The molecule has 9 heteroatoms. The predicted molar refractivity (Wildman–Crippen MR) is 92.1 cm³/mol. The minimum absolute atomic E-state index is 0.160. The molecule has 0 amide bonds. The second-order valence-electron chi connectivity index (χ2n) is 6.08. The monoisotopic (exact) mass is 337 g/mol. The standard InChI is InChI=1S/C14H23N7OS/c1-6-9(22)8-23-13-20-19-12-17-10(18-14(3,4)5)16-11(15-7-2)21(12)13/h6-8H2,1-5H3,(H2,15,16,17,18,19). The van der Waals surface area contributed by atoms with Gasteiger partial charge in [-0.2, -0.15) is 9.97 Å². The van der Waals surface area contributed by atoms with E-state index in [2.05, 4.69) is 30.8 Å². The number of fused-ring (bicyclic) bond motifs is 1. The van der Waals surface area contributed by atoms with Gasteiger partial charge in [0, 0.05) is 18.5 Å².